The van der Waals surface area contributed by atoms with Gasteiger partial charge in [-0.2, -0.15) is 0 Å². The highest BCUT2D eigenvalue weighted by Gasteiger charge is 2.07. The summed E-state index contributed by atoms with van der Waals surface area (Å²) in [5, 5.41) is 9.67. The molecular weight excluding hydrogens is 478 g/mol. The van der Waals surface area contributed by atoms with E-state index in [1.807, 2.05) is 48.5 Å². The van der Waals surface area contributed by atoms with Crippen molar-refractivity contribution in [2.24, 2.45) is 0 Å². The Morgan fingerprint density at radius 1 is 0.889 bits per heavy atom. The maximum absolute atomic E-state index is 11.4. The zero-order valence-electron chi connectivity index (χ0n) is 15.3. The predicted octanol–water partition coefficient (Wildman–Crippen LogP) is 4.87. The molecule has 1 N–H and O–H groups in total. The van der Waals surface area contributed by atoms with Crippen LogP contribution in [0.4, 0.5) is 0 Å². The summed E-state index contributed by atoms with van der Waals surface area (Å²) < 4.78 is 2.06. The number of halogens is 2. The monoisotopic (exact) mass is 499 g/mol. The van der Waals surface area contributed by atoms with Crippen molar-refractivity contribution in [2.75, 3.05) is 14.2 Å². The van der Waals surface area contributed by atoms with Crippen molar-refractivity contribution >= 4 is 43.7 Å². The van der Waals surface area contributed by atoms with E-state index in [1.54, 1.807) is 7.05 Å². The highest BCUT2D eigenvalue weighted by atomic mass is 79.9. The number of hydroxylamine groups is 2. The lowest BCUT2D eigenvalue weighted by Gasteiger charge is -2.13. The molecule has 0 heterocycles. The average Bonchev–Trinajstić information content (AvgIpc) is 2.66. The van der Waals surface area contributed by atoms with Crippen molar-refractivity contribution in [3.63, 3.8) is 0 Å². The fourth-order valence-corrected chi connectivity index (χ4v) is 2.59. The smallest absolute Gasteiger partial charge is 0.303 e. The first-order chi connectivity index (χ1) is 12.8. The Morgan fingerprint density at radius 2 is 1.30 bits per heavy atom. The Hall–Kier alpha value is -1.70. The van der Waals surface area contributed by atoms with Crippen LogP contribution in [0.5, 0.6) is 0 Å². The summed E-state index contributed by atoms with van der Waals surface area (Å²) in [6, 6.07) is 15.6. The minimum absolute atomic E-state index is 0.0135. The third-order valence-corrected chi connectivity index (χ3v) is 4.76. The van der Waals surface area contributed by atoms with Crippen LogP contribution < -0.4 is 0 Å². The van der Waals surface area contributed by atoms with Gasteiger partial charge in [-0.3, -0.25) is 14.4 Å². The second-order valence-corrected chi connectivity index (χ2v) is 7.55. The fourth-order valence-electron chi connectivity index (χ4n) is 2.06. The largest absolute Gasteiger partial charge is 0.481 e. The zero-order chi connectivity index (χ0) is 20.2. The van der Waals surface area contributed by atoms with Crippen molar-refractivity contribution < 1.29 is 19.5 Å². The Bertz CT molecular complexity index is 718. The lowest BCUT2D eigenvalue weighted by Crippen LogP contribution is -2.25. The molecular formula is C20H23Br2NO4. The van der Waals surface area contributed by atoms with Crippen molar-refractivity contribution in [3.8, 4) is 0 Å². The summed E-state index contributed by atoms with van der Waals surface area (Å²) in [6.45, 7) is 0. The van der Waals surface area contributed by atoms with E-state index in [2.05, 4.69) is 31.9 Å². The van der Waals surface area contributed by atoms with Crippen LogP contribution in [0.1, 0.15) is 24.0 Å². The van der Waals surface area contributed by atoms with Crippen LogP contribution in [0, 0.1) is 0 Å². The van der Waals surface area contributed by atoms with Gasteiger partial charge >= 0.3 is 5.97 Å². The van der Waals surface area contributed by atoms with Gasteiger partial charge in [-0.05, 0) is 48.2 Å². The average molecular weight is 501 g/mol. The molecule has 0 unspecified atom stereocenters. The summed E-state index contributed by atoms with van der Waals surface area (Å²) >= 11 is 6.67. The lowest BCUT2D eigenvalue weighted by molar-refractivity contribution is -0.168. The molecule has 0 saturated heterocycles. The van der Waals surface area contributed by atoms with Gasteiger partial charge in [-0.15, -0.1) is 0 Å². The van der Waals surface area contributed by atoms with Crippen molar-refractivity contribution in [2.45, 2.75) is 25.7 Å². The third kappa shape index (κ3) is 10.3. The summed E-state index contributed by atoms with van der Waals surface area (Å²) in [5.41, 5.74) is 2.21. The third-order valence-electron chi connectivity index (χ3n) is 3.71. The zero-order valence-corrected chi connectivity index (χ0v) is 18.5. The quantitative estimate of drug-likeness (QED) is 0.551. The molecule has 0 saturated carbocycles. The molecule has 2 rings (SSSR count). The first-order valence-corrected chi connectivity index (χ1v) is 9.91. The number of carbonyl (C=O) groups is 2. The summed E-state index contributed by atoms with van der Waals surface area (Å²) in [5.74, 6) is -0.765. The summed E-state index contributed by atoms with van der Waals surface area (Å²) in [7, 11) is 3.10. The molecule has 0 atom stereocenters. The Balaban J connectivity index is 0.000000277. The molecule has 0 spiro atoms. The Morgan fingerprint density at radius 3 is 1.67 bits per heavy atom. The van der Waals surface area contributed by atoms with E-state index in [1.165, 1.54) is 12.2 Å². The topological polar surface area (TPSA) is 66.8 Å². The van der Waals surface area contributed by atoms with E-state index >= 15 is 0 Å². The van der Waals surface area contributed by atoms with E-state index in [4.69, 9.17) is 9.94 Å². The standard InChI is InChI=1S/C11H14BrNO2.C9H9BrO2/c1-13(15-2)11(14)8-5-9-3-6-10(12)7-4-9;10-8-4-1-7(2-5-8)3-6-9(11)12/h3-4,6-7H,5,8H2,1-2H3;1-2,4-5H,3,6H2,(H,11,12). The van der Waals surface area contributed by atoms with E-state index in [0.717, 1.165) is 26.5 Å². The predicted molar refractivity (Wildman–Crippen MR) is 112 cm³/mol. The van der Waals surface area contributed by atoms with Gasteiger partial charge in [0, 0.05) is 28.8 Å². The molecule has 0 aromatic heterocycles. The van der Waals surface area contributed by atoms with Crippen LogP contribution in [-0.2, 0) is 27.3 Å². The molecule has 0 bridgehead atoms. The molecule has 7 heteroatoms. The van der Waals surface area contributed by atoms with Crippen LogP contribution in [0.15, 0.2) is 57.5 Å². The number of hydrogen-bond acceptors (Lipinski definition) is 3. The van der Waals surface area contributed by atoms with Gasteiger partial charge in [0.2, 0.25) is 5.91 Å². The number of nitrogens with zero attached hydrogens (tertiary/aromatic N) is 1. The molecule has 146 valence electrons. The minimum Gasteiger partial charge on any atom is -0.481 e. The van der Waals surface area contributed by atoms with Crippen LogP contribution in [0.3, 0.4) is 0 Å². The minimum atomic E-state index is -0.752. The fraction of sp³-hybridized carbons (Fsp3) is 0.300. The Labute approximate surface area is 176 Å². The number of amides is 1. The van der Waals surface area contributed by atoms with Crippen LogP contribution in [-0.4, -0.2) is 36.2 Å². The molecule has 0 aliphatic rings. The molecule has 2 aromatic carbocycles. The van der Waals surface area contributed by atoms with Crippen molar-refractivity contribution in [1.29, 1.82) is 0 Å². The normalized spacial score (nSPS) is 9.93. The maximum Gasteiger partial charge on any atom is 0.303 e. The molecule has 5 nitrogen and oxygen atoms in total. The summed E-state index contributed by atoms with van der Waals surface area (Å²) in [4.78, 5) is 26.4. The molecule has 0 fully saturated rings. The number of aliphatic carboxylic acids is 1. The van der Waals surface area contributed by atoms with E-state index in [0.29, 0.717) is 12.8 Å². The number of aryl methyl sites for hydroxylation is 2. The first kappa shape index (κ1) is 23.3. The molecule has 2 aromatic rings. The van der Waals surface area contributed by atoms with E-state index < -0.39 is 5.97 Å². The number of carboxylic acids is 1. The number of carboxylic acid groups (broad SMARTS) is 1. The molecule has 1 amide bonds. The first-order valence-electron chi connectivity index (χ1n) is 8.33. The Kier molecular flexibility index (Phi) is 10.9. The van der Waals surface area contributed by atoms with E-state index in [-0.39, 0.29) is 12.3 Å². The number of benzene rings is 2. The highest BCUT2D eigenvalue weighted by Crippen LogP contribution is 2.12. The van der Waals surface area contributed by atoms with Gasteiger partial charge in [-0.1, -0.05) is 56.1 Å². The molecule has 27 heavy (non-hydrogen) atoms. The van der Waals surface area contributed by atoms with Crippen molar-refractivity contribution in [1.82, 2.24) is 5.06 Å². The SMILES string of the molecule is CON(C)C(=O)CCc1ccc(Br)cc1.O=C(O)CCc1ccc(Br)cc1. The van der Waals surface area contributed by atoms with Gasteiger partial charge in [0.25, 0.3) is 0 Å². The van der Waals surface area contributed by atoms with Crippen LogP contribution in [0.25, 0.3) is 0 Å². The molecule has 0 radical (unpaired) electrons. The number of hydrogen-bond donors (Lipinski definition) is 1. The molecule has 0 aliphatic heterocycles. The van der Waals surface area contributed by atoms with Gasteiger partial charge in [0.15, 0.2) is 0 Å². The van der Waals surface area contributed by atoms with E-state index in [9.17, 15) is 9.59 Å². The maximum atomic E-state index is 11.4. The van der Waals surface area contributed by atoms with Crippen molar-refractivity contribution in [3.05, 3.63) is 68.6 Å². The van der Waals surface area contributed by atoms with Crippen LogP contribution >= 0.6 is 31.9 Å². The van der Waals surface area contributed by atoms with Gasteiger partial charge in [0.05, 0.1) is 7.11 Å². The lowest BCUT2D eigenvalue weighted by atomic mass is 10.1. The van der Waals surface area contributed by atoms with Gasteiger partial charge < -0.3 is 5.11 Å². The number of carbonyl (C=O) groups excluding carboxylic acids is 1. The van der Waals surface area contributed by atoms with Gasteiger partial charge in [0.1, 0.15) is 0 Å². The highest BCUT2D eigenvalue weighted by molar-refractivity contribution is 9.10. The van der Waals surface area contributed by atoms with Gasteiger partial charge in [-0.25, -0.2) is 5.06 Å². The second kappa shape index (κ2) is 12.6. The second-order valence-electron chi connectivity index (χ2n) is 5.72. The van der Waals surface area contributed by atoms with Crippen LogP contribution in [0.2, 0.25) is 0 Å². The molecule has 0 aliphatic carbocycles. The number of rotatable bonds is 7. The summed E-state index contributed by atoms with van der Waals surface area (Å²) in [6.07, 6.45) is 2.00.